The van der Waals surface area contributed by atoms with E-state index in [1.807, 2.05) is 18.5 Å². The highest BCUT2D eigenvalue weighted by molar-refractivity contribution is 5.83. The van der Waals surface area contributed by atoms with Crippen molar-refractivity contribution in [3.05, 3.63) is 78.1 Å². The van der Waals surface area contributed by atoms with Crippen LogP contribution in [0, 0.1) is 0 Å². The van der Waals surface area contributed by atoms with Crippen molar-refractivity contribution in [2.45, 2.75) is 69.6 Å². The van der Waals surface area contributed by atoms with Gasteiger partial charge in [-0.15, -0.1) is 0 Å². The topological polar surface area (TPSA) is 37.0 Å². The van der Waals surface area contributed by atoms with Crippen LogP contribution in [0.15, 0.2) is 67.0 Å². The van der Waals surface area contributed by atoms with Crippen LogP contribution in [-0.4, -0.2) is 32.2 Å². The fourth-order valence-electron chi connectivity index (χ4n) is 6.00. The van der Waals surface area contributed by atoms with Crippen LogP contribution in [-0.2, 0) is 5.41 Å². The third kappa shape index (κ3) is 6.02. The van der Waals surface area contributed by atoms with Crippen LogP contribution in [0.3, 0.4) is 0 Å². The Morgan fingerprint density at radius 3 is 1.94 bits per heavy atom. The van der Waals surface area contributed by atoms with Gasteiger partial charge in [0.25, 0.3) is 0 Å². The van der Waals surface area contributed by atoms with Crippen molar-refractivity contribution in [1.29, 1.82) is 0 Å². The highest BCUT2D eigenvalue weighted by atomic mass is 14.8. The molecule has 0 saturated carbocycles. The third-order valence-corrected chi connectivity index (χ3v) is 7.82. The Balaban J connectivity index is 1.64. The molecule has 0 aliphatic heterocycles. The molecule has 1 aliphatic carbocycles. The minimum atomic E-state index is 0.121. The molecule has 186 valence electrons. The molecular weight excluding hydrogens is 426 g/mol. The summed E-state index contributed by atoms with van der Waals surface area (Å²) in [5, 5.41) is 6.59. The lowest BCUT2D eigenvalue weighted by molar-refractivity contribution is 0.399. The lowest BCUT2D eigenvalue weighted by atomic mass is 9.70. The van der Waals surface area contributed by atoms with E-state index < -0.39 is 0 Å². The van der Waals surface area contributed by atoms with Gasteiger partial charge < -0.3 is 10.6 Å². The lowest BCUT2D eigenvalue weighted by Crippen LogP contribution is -2.25. The van der Waals surface area contributed by atoms with E-state index in [1.54, 1.807) is 11.1 Å². The maximum Gasteiger partial charge on any atom is 0.0346 e. The van der Waals surface area contributed by atoms with E-state index in [0.29, 0.717) is 0 Å². The predicted octanol–water partition coefficient (Wildman–Crippen LogP) is 7.35. The number of pyridine rings is 1. The predicted molar refractivity (Wildman–Crippen MR) is 150 cm³/mol. The third-order valence-electron chi connectivity index (χ3n) is 7.82. The molecule has 2 N–H and O–H groups in total. The molecule has 0 radical (unpaired) electrons. The molecule has 1 heterocycles. The minimum absolute atomic E-state index is 0.121. The molecule has 3 aromatic rings. The second-order valence-corrected chi connectivity index (χ2v) is 10.2. The molecule has 1 aromatic heterocycles. The molecule has 0 amide bonds. The monoisotopic (exact) mass is 469 g/mol. The first-order valence-electron chi connectivity index (χ1n) is 13.7. The summed E-state index contributed by atoms with van der Waals surface area (Å²) >= 11 is 0. The van der Waals surface area contributed by atoms with E-state index in [0.717, 1.165) is 13.1 Å². The Hall–Kier alpha value is -2.49. The summed E-state index contributed by atoms with van der Waals surface area (Å²) < 4.78 is 0. The van der Waals surface area contributed by atoms with E-state index in [-0.39, 0.29) is 5.41 Å². The molecule has 0 fully saturated rings. The van der Waals surface area contributed by atoms with Crippen LogP contribution in [0.5, 0.6) is 0 Å². The van der Waals surface area contributed by atoms with Gasteiger partial charge >= 0.3 is 0 Å². The summed E-state index contributed by atoms with van der Waals surface area (Å²) in [6, 6.07) is 20.6. The fourth-order valence-corrected chi connectivity index (χ4v) is 6.00. The van der Waals surface area contributed by atoms with Gasteiger partial charge in [0.2, 0.25) is 0 Å². The number of hydrogen-bond donors (Lipinski definition) is 2. The molecule has 0 saturated heterocycles. The Morgan fingerprint density at radius 2 is 1.29 bits per heavy atom. The van der Waals surface area contributed by atoms with Gasteiger partial charge in [0.05, 0.1) is 0 Å². The number of aromatic nitrogens is 1. The fraction of sp³-hybridized carbons (Fsp3) is 0.469. The van der Waals surface area contributed by atoms with Crippen molar-refractivity contribution in [2.24, 2.45) is 0 Å². The van der Waals surface area contributed by atoms with Gasteiger partial charge in [0.15, 0.2) is 0 Å². The molecule has 2 aromatic carbocycles. The zero-order chi connectivity index (χ0) is 24.3. The number of hydrogen-bond acceptors (Lipinski definition) is 3. The summed E-state index contributed by atoms with van der Waals surface area (Å²) in [6.45, 7) is 2.25. The average Bonchev–Trinajstić information content (AvgIpc) is 3.18. The van der Waals surface area contributed by atoms with E-state index >= 15 is 0 Å². The smallest absolute Gasteiger partial charge is 0.0346 e. The highest BCUT2D eigenvalue weighted by Crippen LogP contribution is 2.54. The SMILES string of the molecule is CNCCCCCCC1(CCCCCCNC)c2ccccc2-c2ccc(-c3cccnc3)cc21. The van der Waals surface area contributed by atoms with E-state index in [4.69, 9.17) is 0 Å². The van der Waals surface area contributed by atoms with Gasteiger partial charge in [-0.3, -0.25) is 4.98 Å². The molecular formula is C32H43N3. The van der Waals surface area contributed by atoms with Crippen LogP contribution >= 0.6 is 0 Å². The van der Waals surface area contributed by atoms with Crippen molar-refractivity contribution in [1.82, 2.24) is 15.6 Å². The summed E-state index contributed by atoms with van der Waals surface area (Å²) in [7, 11) is 4.11. The molecule has 0 unspecified atom stereocenters. The van der Waals surface area contributed by atoms with E-state index in [9.17, 15) is 0 Å². The quantitative estimate of drug-likeness (QED) is 0.228. The zero-order valence-corrected chi connectivity index (χ0v) is 21.8. The van der Waals surface area contributed by atoms with Gasteiger partial charge in [-0.2, -0.15) is 0 Å². The molecule has 4 rings (SSSR count). The van der Waals surface area contributed by atoms with Crippen molar-refractivity contribution < 1.29 is 0 Å². The van der Waals surface area contributed by atoms with Crippen molar-refractivity contribution in [3.8, 4) is 22.3 Å². The summed E-state index contributed by atoms with van der Waals surface area (Å²) in [6.07, 6.45) is 16.7. The number of nitrogens with zero attached hydrogens (tertiary/aromatic N) is 1. The first-order chi connectivity index (χ1) is 17.3. The maximum atomic E-state index is 4.39. The van der Waals surface area contributed by atoms with E-state index in [2.05, 4.69) is 78.2 Å². The zero-order valence-electron chi connectivity index (χ0n) is 21.8. The number of nitrogens with one attached hydrogen (secondary N) is 2. The van der Waals surface area contributed by atoms with Crippen molar-refractivity contribution in [3.63, 3.8) is 0 Å². The minimum Gasteiger partial charge on any atom is -0.320 e. The van der Waals surface area contributed by atoms with Crippen LogP contribution < -0.4 is 10.6 Å². The second-order valence-electron chi connectivity index (χ2n) is 10.2. The first kappa shape index (κ1) is 25.6. The molecule has 0 bridgehead atoms. The molecule has 3 nitrogen and oxygen atoms in total. The normalized spacial score (nSPS) is 13.5. The van der Waals surface area contributed by atoms with Crippen LogP contribution in [0.4, 0.5) is 0 Å². The molecule has 1 aliphatic rings. The Bertz CT molecular complexity index is 1030. The maximum absolute atomic E-state index is 4.39. The van der Waals surface area contributed by atoms with Gasteiger partial charge in [-0.25, -0.2) is 0 Å². The molecule has 0 spiro atoms. The van der Waals surface area contributed by atoms with Crippen LogP contribution in [0.25, 0.3) is 22.3 Å². The highest BCUT2D eigenvalue weighted by Gasteiger charge is 2.42. The first-order valence-corrected chi connectivity index (χ1v) is 13.7. The molecule has 35 heavy (non-hydrogen) atoms. The van der Waals surface area contributed by atoms with Gasteiger partial charge in [-0.05, 0) is 98.4 Å². The van der Waals surface area contributed by atoms with E-state index in [1.165, 1.54) is 86.5 Å². The standard InChI is InChI=1S/C32H43N3/c1-33-21-11-5-3-9-19-32(20-10-4-6-12-22-34-2)30-16-8-7-15-28(30)29-18-17-26(24-31(29)32)27-14-13-23-35-25-27/h7-8,13-18,23-25,33-34H,3-6,9-12,19-22H2,1-2H3. The Kier molecular flexibility index (Phi) is 9.50. The Labute approximate surface area is 212 Å². The lowest BCUT2D eigenvalue weighted by Gasteiger charge is -2.33. The second kappa shape index (κ2) is 13.0. The van der Waals surface area contributed by atoms with Crippen LogP contribution in [0.1, 0.15) is 75.3 Å². The number of unbranched alkanes of at least 4 members (excludes halogenated alkanes) is 6. The summed E-state index contributed by atoms with van der Waals surface area (Å²) in [4.78, 5) is 4.39. The van der Waals surface area contributed by atoms with Gasteiger partial charge in [-0.1, -0.05) is 81.0 Å². The van der Waals surface area contributed by atoms with Crippen molar-refractivity contribution >= 4 is 0 Å². The van der Waals surface area contributed by atoms with Gasteiger partial charge in [0, 0.05) is 17.8 Å². The summed E-state index contributed by atoms with van der Waals surface area (Å²) in [5.41, 5.74) is 8.62. The Morgan fingerprint density at radius 1 is 0.629 bits per heavy atom. The van der Waals surface area contributed by atoms with Crippen molar-refractivity contribution in [2.75, 3.05) is 27.2 Å². The average molecular weight is 470 g/mol. The summed E-state index contributed by atoms with van der Waals surface area (Å²) in [5.74, 6) is 0. The number of fused-ring (bicyclic) bond motifs is 3. The number of benzene rings is 2. The largest absolute Gasteiger partial charge is 0.320 e. The molecule has 0 atom stereocenters. The van der Waals surface area contributed by atoms with Gasteiger partial charge in [0.1, 0.15) is 0 Å². The molecule has 3 heteroatoms. The van der Waals surface area contributed by atoms with Crippen LogP contribution in [0.2, 0.25) is 0 Å². The number of rotatable bonds is 15.